The third kappa shape index (κ3) is 2.69. The van der Waals surface area contributed by atoms with Crippen molar-refractivity contribution in [1.29, 1.82) is 0 Å². The lowest BCUT2D eigenvalue weighted by Gasteiger charge is -2.47. The molecule has 88 valence electrons. The normalized spacial score (nSPS) is 20.9. The maximum Gasteiger partial charge on any atom is 0.248 e. The molecule has 0 radical (unpaired) electrons. The lowest BCUT2D eigenvalue weighted by atomic mass is 9.75. The van der Waals surface area contributed by atoms with Crippen molar-refractivity contribution in [1.82, 2.24) is 10.2 Å². The highest BCUT2D eigenvalue weighted by molar-refractivity contribution is 5.80. The van der Waals surface area contributed by atoms with E-state index < -0.39 is 0 Å². The second-order valence-corrected chi connectivity index (χ2v) is 4.57. The average molecular weight is 214 g/mol. The van der Waals surface area contributed by atoms with Crippen LogP contribution in [0.25, 0.3) is 0 Å². The molecule has 4 nitrogen and oxygen atoms in total. The number of carbonyl (C=O) groups excluding carboxylic acids is 1. The van der Waals surface area contributed by atoms with Gasteiger partial charge in [0.1, 0.15) is 6.10 Å². The van der Waals surface area contributed by atoms with Crippen LogP contribution in [0.5, 0.6) is 0 Å². The summed E-state index contributed by atoms with van der Waals surface area (Å²) in [5, 5.41) is 2.95. The minimum absolute atomic E-state index is 0.0226. The lowest BCUT2D eigenvalue weighted by Crippen LogP contribution is -2.58. The van der Waals surface area contributed by atoms with Crippen LogP contribution in [0.4, 0.5) is 0 Å². The zero-order chi connectivity index (χ0) is 11.5. The Morgan fingerprint density at radius 3 is 2.47 bits per heavy atom. The predicted molar refractivity (Wildman–Crippen MR) is 59.7 cm³/mol. The van der Waals surface area contributed by atoms with Gasteiger partial charge in [0.2, 0.25) is 5.91 Å². The molecular formula is C11H22N2O2. The molecule has 0 spiro atoms. The summed E-state index contributed by atoms with van der Waals surface area (Å²) in [6.07, 6.45) is 3.24. The van der Waals surface area contributed by atoms with Gasteiger partial charge in [-0.05, 0) is 40.3 Å². The molecule has 1 unspecified atom stereocenters. The molecule has 1 amide bonds. The van der Waals surface area contributed by atoms with E-state index in [1.807, 2.05) is 0 Å². The fourth-order valence-corrected chi connectivity index (χ4v) is 1.87. The van der Waals surface area contributed by atoms with Gasteiger partial charge in [-0.2, -0.15) is 0 Å². The highest BCUT2D eigenvalue weighted by Crippen LogP contribution is 2.35. The molecule has 0 aromatic carbocycles. The number of carbonyl (C=O) groups is 1. The molecule has 1 atom stereocenters. The van der Waals surface area contributed by atoms with Gasteiger partial charge in [0.15, 0.2) is 0 Å². The minimum atomic E-state index is -0.357. The third-order valence-electron chi connectivity index (χ3n) is 3.55. The van der Waals surface area contributed by atoms with Crippen LogP contribution in [0.2, 0.25) is 0 Å². The van der Waals surface area contributed by atoms with E-state index in [9.17, 15) is 4.79 Å². The number of nitrogens with zero attached hydrogens (tertiary/aromatic N) is 1. The molecule has 0 aliphatic heterocycles. The van der Waals surface area contributed by atoms with E-state index in [1.165, 1.54) is 19.3 Å². The van der Waals surface area contributed by atoms with Crippen LogP contribution in [0, 0.1) is 0 Å². The van der Waals surface area contributed by atoms with E-state index in [0.717, 1.165) is 6.54 Å². The molecule has 0 bridgehead atoms. The quantitative estimate of drug-likeness (QED) is 0.729. The van der Waals surface area contributed by atoms with Crippen LogP contribution in [0.1, 0.15) is 26.2 Å². The Labute approximate surface area is 92.0 Å². The Balaban J connectivity index is 2.38. The van der Waals surface area contributed by atoms with E-state index in [0.29, 0.717) is 0 Å². The van der Waals surface area contributed by atoms with Crippen LogP contribution >= 0.6 is 0 Å². The second kappa shape index (κ2) is 4.94. The van der Waals surface area contributed by atoms with E-state index in [1.54, 1.807) is 14.0 Å². The highest BCUT2D eigenvalue weighted by Gasteiger charge is 2.39. The molecule has 0 heterocycles. The molecule has 15 heavy (non-hydrogen) atoms. The lowest BCUT2D eigenvalue weighted by molar-refractivity contribution is -0.131. The molecule has 1 saturated carbocycles. The Hall–Kier alpha value is -0.610. The summed E-state index contributed by atoms with van der Waals surface area (Å²) in [5.74, 6) is -0.0226. The van der Waals surface area contributed by atoms with Crippen LogP contribution in [0.3, 0.4) is 0 Å². The first kappa shape index (κ1) is 12.5. The first-order chi connectivity index (χ1) is 7.02. The van der Waals surface area contributed by atoms with Crippen molar-refractivity contribution >= 4 is 5.91 Å². The number of nitrogens with one attached hydrogen (secondary N) is 1. The minimum Gasteiger partial charge on any atom is -0.372 e. The smallest absolute Gasteiger partial charge is 0.248 e. The van der Waals surface area contributed by atoms with E-state index >= 15 is 0 Å². The summed E-state index contributed by atoms with van der Waals surface area (Å²) < 4.78 is 4.96. The molecule has 4 heteroatoms. The first-order valence-electron chi connectivity index (χ1n) is 5.50. The van der Waals surface area contributed by atoms with E-state index in [-0.39, 0.29) is 17.6 Å². The van der Waals surface area contributed by atoms with Crippen molar-refractivity contribution in [3.63, 3.8) is 0 Å². The van der Waals surface area contributed by atoms with Gasteiger partial charge < -0.3 is 15.0 Å². The van der Waals surface area contributed by atoms with Crippen LogP contribution in [-0.4, -0.2) is 50.2 Å². The van der Waals surface area contributed by atoms with Gasteiger partial charge in [-0.15, -0.1) is 0 Å². The number of amides is 1. The van der Waals surface area contributed by atoms with Crippen molar-refractivity contribution in [2.75, 3.05) is 27.7 Å². The number of likely N-dealkylation sites (N-methyl/N-ethyl adjacent to an activating group) is 1. The van der Waals surface area contributed by atoms with Gasteiger partial charge in [-0.1, -0.05) is 0 Å². The number of ether oxygens (including phenoxy) is 1. The SMILES string of the molecule is COC(C)C(=O)NCC1(N(C)C)CCC1. The van der Waals surface area contributed by atoms with Crippen LogP contribution in [0.15, 0.2) is 0 Å². The Kier molecular flexibility index (Phi) is 4.11. The molecule has 0 aromatic heterocycles. The highest BCUT2D eigenvalue weighted by atomic mass is 16.5. The zero-order valence-electron chi connectivity index (χ0n) is 10.2. The average Bonchev–Trinajstić information content (AvgIpc) is 2.14. The molecule has 1 aliphatic rings. The summed E-state index contributed by atoms with van der Waals surface area (Å²) in [6.45, 7) is 2.49. The molecule has 0 saturated heterocycles. The summed E-state index contributed by atoms with van der Waals surface area (Å²) in [7, 11) is 5.70. The summed E-state index contributed by atoms with van der Waals surface area (Å²) >= 11 is 0. The number of hydrogen-bond donors (Lipinski definition) is 1. The molecule has 1 aliphatic carbocycles. The fourth-order valence-electron chi connectivity index (χ4n) is 1.87. The van der Waals surface area contributed by atoms with Crippen LogP contribution < -0.4 is 5.32 Å². The van der Waals surface area contributed by atoms with E-state index in [2.05, 4.69) is 24.3 Å². The van der Waals surface area contributed by atoms with E-state index in [4.69, 9.17) is 4.74 Å². The Morgan fingerprint density at radius 2 is 2.13 bits per heavy atom. The molecule has 1 N–H and O–H groups in total. The summed E-state index contributed by atoms with van der Waals surface area (Å²) in [4.78, 5) is 13.7. The largest absolute Gasteiger partial charge is 0.372 e. The molecule has 1 fully saturated rings. The number of rotatable bonds is 5. The summed E-state index contributed by atoms with van der Waals surface area (Å²) in [5.41, 5.74) is 0.184. The van der Waals surface area contributed by atoms with Crippen molar-refractivity contribution < 1.29 is 9.53 Å². The zero-order valence-corrected chi connectivity index (χ0v) is 10.2. The first-order valence-corrected chi connectivity index (χ1v) is 5.50. The maximum absolute atomic E-state index is 11.5. The molecule has 1 rings (SSSR count). The van der Waals surface area contributed by atoms with Gasteiger partial charge in [0, 0.05) is 19.2 Å². The van der Waals surface area contributed by atoms with Crippen molar-refractivity contribution in [3.8, 4) is 0 Å². The van der Waals surface area contributed by atoms with Crippen LogP contribution in [-0.2, 0) is 9.53 Å². The van der Waals surface area contributed by atoms with Gasteiger partial charge in [-0.25, -0.2) is 0 Å². The standard InChI is InChI=1S/C11H22N2O2/c1-9(15-4)10(14)12-8-11(13(2)3)6-5-7-11/h9H,5-8H2,1-4H3,(H,12,14). The molecule has 0 aromatic rings. The van der Waals surface area contributed by atoms with Crippen molar-refractivity contribution in [2.24, 2.45) is 0 Å². The number of hydrogen-bond acceptors (Lipinski definition) is 3. The monoisotopic (exact) mass is 214 g/mol. The Bertz CT molecular complexity index is 225. The van der Waals surface area contributed by atoms with Crippen molar-refractivity contribution in [2.45, 2.75) is 37.8 Å². The number of methoxy groups -OCH3 is 1. The fraction of sp³-hybridized carbons (Fsp3) is 0.909. The Morgan fingerprint density at radius 1 is 1.53 bits per heavy atom. The third-order valence-corrected chi connectivity index (χ3v) is 3.55. The predicted octanol–water partition coefficient (Wildman–Crippen LogP) is 0.622. The van der Waals surface area contributed by atoms with Crippen molar-refractivity contribution in [3.05, 3.63) is 0 Å². The van der Waals surface area contributed by atoms with Gasteiger partial charge >= 0.3 is 0 Å². The molecular weight excluding hydrogens is 192 g/mol. The van der Waals surface area contributed by atoms with Gasteiger partial charge in [0.25, 0.3) is 0 Å². The summed E-state index contributed by atoms with van der Waals surface area (Å²) in [6, 6.07) is 0. The topological polar surface area (TPSA) is 41.6 Å². The van der Waals surface area contributed by atoms with Gasteiger partial charge in [-0.3, -0.25) is 4.79 Å². The maximum atomic E-state index is 11.5. The second-order valence-electron chi connectivity index (χ2n) is 4.57. The van der Waals surface area contributed by atoms with Gasteiger partial charge in [0.05, 0.1) is 0 Å².